The van der Waals surface area contributed by atoms with Gasteiger partial charge in [-0.1, -0.05) is 6.08 Å². The van der Waals surface area contributed by atoms with Crippen molar-refractivity contribution in [2.24, 2.45) is 5.41 Å². The van der Waals surface area contributed by atoms with E-state index in [2.05, 4.69) is 12.6 Å². The molecule has 2 heteroatoms. The van der Waals surface area contributed by atoms with Gasteiger partial charge in [0.2, 0.25) is 0 Å². The largest absolute Gasteiger partial charge is 0.381 e. The molecule has 0 saturated heterocycles. The molecule has 0 aliphatic carbocycles. The number of hydrogen-bond donors (Lipinski definition) is 0. The number of ether oxygens (including phenoxy) is 1. The number of hydrogen-bond acceptors (Lipinski definition) is 2. The summed E-state index contributed by atoms with van der Waals surface area (Å²) < 4.78 is 5.29. The highest BCUT2D eigenvalue weighted by molar-refractivity contribution is 4.91. The van der Waals surface area contributed by atoms with Gasteiger partial charge in [-0.05, 0) is 26.7 Å². The predicted octanol–water partition coefficient (Wildman–Crippen LogP) is 2.52. The minimum Gasteiger partial charge on any atom is -0.381 e. The van der Waals surface area contributed by atoms with Gasteiger partial charge < -0.3 is 4.74 Å². The molecule has 0 amide bonds. The topological polar surface area (TPSA) is 33.0 Å². The van der Waals surface area contributed by atoms with Gasteiger partial charge in [-0.25, -0.2) is 0 Å². The van der Waals surface area contributed by atoms with Crippen molar-refractivity contribution in [2.45, 2.75) is 26.7 Å². The van der Waals surface area contributed by atoms with Gasteiger partial charge in [0.05, 0.1) is 11.5 Å². The van der Waals surface area contributed by atoms with Crippen LogP contribution in [0.15, 0.2) is 12.7 Å². The molecule has 0 aliphatic heterocycles. The molecular weight excluding hydrogens is 150 g/mol. The molecule has 0 unspecified atom stereocenters. The summed E-state index contributed by atoms with van der Waals surface area (Å²) in [5.74, 6) is 0. The van der Waals surface area contributed by atoms with E-state index >= 15 is 0 Å². The Hall–Kier alpha value is -0.810. The molecule has 0 N–H and O–H groups in total. The molecule has 0 spiro atoms. The standard InChI is InChI=1S/C10H17NO/c1-4-5-7-12-8-6-10(2,3)9-11/h4H,1,5-8H2,2-3H3. The smallest absolute Gasteiger partial charge is 0.0684 e. The maximum absolute atomic E-state index is 8.68. The molecule has 0 aromatic heterocycles. The van der Waals surface area contributed by atoms with Gasteiger partial charge in [0.1, 0.15) is 0 Å². The molecule has 0 radical (unpaired) electrons. The zero-order valence-corrected chi connectivity index (χ0v) is 7.97. The SMILES string of the molecule is C=CCCOCCC(C)(C)C#N. The Labute approximate surface area is 74.8 Å². The molecule has 2 nitrogen and oxygen atoms in total. The Morgan fingerprint density at radius 1 is 1.50 bits per heavy atom. The van der Waals surface area contributed by atoms with Crippen LogP contribution in [0, 0.1) is 16.7 Å². The molecule has 0 aromatic rings. The van der Waals surface area contributed by atoms with E-state index in [9.17, 15) is 0 Å². The third-order valence-electron chi connectivity index (χ3n) is 1.64. The van der Waals surface area contributed by atoms with Gasteiger partial charge in [0.25, 0.3) is 0 Å². The zero-order valence-electron chi connectivity index (χ0n) is 7.97. The van der Waals surface area contributed by atoms with E-state index < -0.39 is 0 Å². The molecule has 0 atom stereocenters. The van der Waals surface area contributed by atoms with E-state index in [1.54, 1.807) is 0 Å². The fourth-order valence-electron chi connectivity index (χ4n) is 0.652. The molecule has 0 saturated carbocycles. The Morgan fingerprint density at radius 2 is 2.17 bits per heavy atom. The molecule has 12 heavy (non-hydrogen) atoms. The van der Waals surface area contributed by atoms with E-state index in [4.69, 9.17) is 10.00 Å². The lowest BCUT2D eigenvalue weighted by atomic mass is 9.92. The Balaban J connectivity index is 3.32. The Morgan fingerprint density at radius 3 is 2.67 bits per heavy atom. The first-order valence-corrected chi connectivity index (χ1v) is 4.22. The summed E-state index contributed by atoms with van der Waals surface area (Å²) in [4.78, 5) is 0. The van der Waals surface area contributed by atoms with E-state index in [-0.39, 0.29) is 5.41 Å². The first kappa shape index (κ1) is 11.2. The lowest BCUT2D eigenvalue weighted by molar-refractivity contribution is 0.119. The maximum Gasteiger partial charge on any atom is 0.0684 e. The second-order valence-electron chi connectivity index (χ2n) is 3.44. The molecule has 68 valence electrons. The molecular formula is C10H17NO. The highest BCUT2D eigenvalue weighted by Crippen LogP contribution is 2.17. The Bertz CT molecular complexity index is 167. The van der Waals surface area contributed by atoms with Crippen LogP contribution in [0.3, 0.4) is 0 Å². The minimum atomic E-state index is -0.256. The molecule has 0 heterocycles. The van der Waals surface area contributed by atoms with Crippen LogP contribution in [-0.2, 0) is 4.74 Å². The highest BCUT2D eigenvalue weighted by atomic mass is 16.5. The third-order valence-corrected chi connectivity index (χ3v) is 1.64. The molecule has 0 aliphatic rings. The van der Waals surface area contributed by atoms with Crippen LogP contribution in [0.5, 0.6) is 0 Å². The van der Waals surface area contributed by atoms with E-state index in [0.717, 1.165) is 12.8 Å². The number of rotatable bonds is 6. The van der Waals surface area contributed by atoms with E-state index in [0.29, 0.717) is 13.2 Å². The van der Waals surface area contributed by atoms with Crippen molar-refractivity contribution in [3.8, 4) is 6.07 Å². The average molecular weight is 167 g/mol. The summed E-state index contributed by atoms with van der Waals surface area (Å²) in [5, 5.41) is 8.68. The Kier molecular flexibility index (Phi) is 5.40. The summed E-state index contributed by atoms with van der Waals surface area (Å²) in [5.41, 5.74) is -0.256. The predicted molar refractivity (Wildman–Crippen MR) is 49.6 cm³/mol. The fourth-order valence-corrected chi connectivity index (χ4v) is 0.652. The molecule has 0 bridgehead atoms. The fraction of sp³-hybridized carbons (Fsp3) is 0.700. The van der Waals surface area contributed by atoms with Crippen LogP contribution < -0.4 is 0 Å². The summed E-state index contributed by atoms with van der Waals surface area (Å²) in [7, 11) is 0. The number of nitrogens with zero attached hydrogens (tertiary/aromatic N) is 1. The van der Waals surface area contributed by atoms with Gasteiger partial charge in [-0.15, -0.1) is 6.58 Å². The van der Waals surface area contributed by atoms with Crippen LogP contribution >= 0.6 is 0 Å². The summed E-state index contributed by atoms with van der Waals surface area (Å²) in [6.45, 7) is 8.81. The normalized spacial score (nSPS) is 10.8. The van der Waals surface area contributed by atoms with Crippen molar-refractivity contribution in [1.29, 1.82) is 5.26 Å². The van der Waals surface area contributed by atoms with E-state index in [1.807, 2.05) is 19.9 Å². The summed E-state index contributed by atoms with van der Waals surface area (Å²) in [6, 6.07) is 2.23. The molecule has 0 aromatic carbocycles. The summed E-state index contributed by atoms with van der Waals surface area (Å²) in [6.07, 6.45) is 3.50. The van der Waals surface area contributed by atoms with Gasteiger partial charge in [-0.3, -0.25) is 0 Å². The minimum absolute atomic E-state index is 0.256. The van der Waals surface area contributed by atoms with E-state index in [1.165, 1.54) is 0 Å². The maximum atomic E-state index is 8.68. The number of nitriles is 1. The van der Waals surface area contributed by atoms with Crippen molar-refractivity contribution in [3.05, 3.63) is 12.7 Å². The molecule has 0 rings (SSSR count). The van der Waals surface area contributed by atoms with Gasteiger partial charge in [-0.2, -0.15) is 5.26 Å². The van der Waals surface area contributed by atoms with Crippen LogP contribution in [0.4, 0.5) is 0 Å². The molecule has 0 fully saturated rings. The van der Waals surface area contributed by atoms with Crippen LogP contribution in [-0.4, -0.2) is 13.2 Å². The van der Waals surface area contributed by atoms with Gasteiger partial charge >= 0.3 is 0 Å². The van der Waals surface area contributed by atoms with Crippen molar-refractivity contribution in [1.82, 2.24) is 0 Å². The van der Waals surface area contributed by atoms with Crippen molar-refractivity contribution >= 4 is 0 Å². The first-order valence-electron chi connectivity index (χ1n) is 4.22. The lowest BCUT2D eigenvalue weighted by Gasteiger charge is -2.14. The first-order chi connectivity index (χ1) is 5.62. The van der Waals surface area contributed by atoms with Crippen molar-refractivity contribution in [3.63, 3.8) is 0 Å². The average Bonchev–Trinajstić information content (AvgIpc) is 2.04. The second-order valence-corrected chi connectivity index (χ2v) is 3.44. The second kappa shape index (κ2) is 5.79. The van der Waals surface area contributed by atoms with Crippen LogP contribution in [0.1, 0.15) is 26.7 Å². The highest BCUT2D eigenvalue weighted by Gasteiger charge is 2.15. The zero-order chi connectivity index (χ0) is 9.45. The quantitative estimate of drug-likeness (QED) is 0.450. The summed E-state index contributed by atoms with van der Waals surface area (Å²) >= 11 is 0. The van der Waals surface area contributed by atoms with Crippen LogP contribution in [0.2, 0.25) is 0 Å². The van der Waals surface area contributed by atoms with Crippen molar-refractivity contribution < 1.29 is 4.74 Å². The third kappa shape index (κ3) is 5.94. The van der Waals surface area contributed by atoms with Crippen LogP contribution in [0.25, 0.3) is 0 Å². The van der Waals surface area contributed by atoms with Gasteiger partial charge in [0, 0.05) is 13.2 Å². The van der Waals surface area contributed by atoms with Crippen molar-refractivity contribution in [2.75, 3.05) is 13.2 Å². The lowest BCUT2D eigenvalue weighted by Crippen LogP contribution is -2.11. The monoisotopic (exact) mass is 167 g/mol. The van der Waals surface area contributed by atoms with Gasteiger partial charge in [0.15, 0.2) is 0 Å².